The summed E-state index contributed by atoms with van der Waals surface area (Å²) in [4.78, 5) is 43.2. The van der Waals surface area contributed by atoms with E-state index >= 15 is 0 Å². The number of nitrogens with zero attached hydrogens (tertiary/aromatic N) is 6. The molecule has 2 aliphatic heterocycles. The lowest BCUT2D eigenvalue weighted by Gasteiger charge is -2.40. The Labute approximate surface area is 221 Å². The van der Waals surface area contributed by atoms with Gasteiger partial charge < -0.3 is 29.5 Å². The van der Waals surface area contributed by atoms with Gasteiger partial charge in [0, 0.05) is 38.4 Å². The zero-order valence-electron chi connectivity index (χ0n) is 22.0. The first-order chi connectivity index (χ1) is 18.3. The van der Waals surface area contributed by atoms with Gasteiger partial charge in [-0.05, 0) is 52.4 Å². The molecule has 4 heterocycles. The van der Waals surface area contributed by atoms with Gasteiger partial charge >= 0.3 is 12.1 Å². The van der Waals surface area contributed by atoms with Crippen LogP contribution in [0.3, 0.4) is 0 Å². The van der Waals surface area contributed by atoms with Gasteiger partial charge in [0.05, 0.1) is 25.0 Å². The van der Waals surface area contributed by atoms with Crippen LogP contribution >= 0.6 is 0 Å². The molecular formula is C25H35FN8O4. The highest BCUT2D eigenvalue weighted by atomic mass is 19.1. The second-order valence-electron chi connectivity index (χ2n) is 9.49. The Morgan fingerprint density at radius 2 is 1.95 bits per heavy atom. The Kier molecular flexibility index (Phi) is 9.10. The van der Waals surface area contributed by atoms with Crippen molar-refractivity contribution in [2.45, 2.75) is 44.4 Å². The number of pyridine rings is 1. The van der Waals surface area contributed by atoms with E-state index in [-0.39, 0.29) is 24.8 Å². The molecule has 2 fully saturated rings. The molecule has 3 amide bonds. The van der Waals surface area contributed by atoms with Crippen molar-refractivity contribution >= 4 is 23.8 Å². The van der Waals surface area contributed by atoms with Crippen molar-refractivity contribution in [3.05, 3.63) is 30.7 Å². The number of anilines is 2. The summed E-state index contributed by atoms with van der Waals surface area (Å²) in [5.74, 6) is 1.47. The molecule has 38 heavy (non-hydrogen) atoms. The fourth-order valence-electron chi connectivity index (χ4n) is 4.52. The fraction of sp³-hybridized carbons (Fsp3) is 0.560. The van der Waals surface area contributed by atoms with Gasteiger partial charge in [0.2, 0.25) is 5.88 Å². The van der Waals surface area contributed by atoms with Gasteiger partial charge in [-0.2, -0.15) is 0 Å². The van der Waals surface area contributed by atoms with E-state index in [0.717, 1.165) is 25.9 Å². The number of urea groups is 1. The molecule has 4 rings (SSSR count). The van der Waals surface area contributed by atoms with E-state index in [0.29, 0.717) is 30.6 Å². The largest absolute Gasteiger partial charge is 0.477 e. The molecule has 0 radical (unpaired) electrons. The highest BCUT2D eigenvalue weighted by Crippen LogP contribution is 2.26. The lowest BCUT2D eigenvalue weighted by molar-refractivity contribution is 0.133. The molecular weight excluding hydrogens is 495 g/mol. The predicted octanol–water partition coefficient (Wildman–Crippen LogP) is 2.53. The molecule has 2 aromatic heterocycles. The van der Waals surface area contributed by atoms with E-state index in [9.17, 15) is 14.0 Å². The third kappa shape index (κ3) is 7.18. The molecule has 206 valence electrons. The summed E-state index contributed by atoms with van der Waals surface area (Å²) < 4.78 is 25.7. The quantitative estimate of drug-likeness (QED) is 0.556. The van der Waals surface area contributed by atoms with Crippen molar-refractivity contribution in [2.24, 2.45) is 0 Å². The lowest BCUT2D eigenvalue weighted by Crippen LogP contribution is -2.55. The Morgan fingerprint density at radius 1 is 1.16 bits per heavy atom. The topological polar surface area (TPSA) is 125 Å². The van der Waals surface area contributed by atoms with Crippen molar-refractivity contribution in [2.75, 3.05) is 57.1 Å². The number of piperidine rings is 2. The molecule has 0 aromatic carbocycles. The van der Waals surface area contributed by atoms with Crippen molar-refractivity contribution in [1.82, 2.24) is 30.1 Å². The number of hydrogen-bond donors (Lipinski definition) is 2. The average Bonchev–Trinajstić information content (AvgIpc) is 2.91. The minimum atomic E-state index is -1.21. The van der Waals surface area contributed by atoms with E-state index in [1.54, 1.807) is 25.4 Å². The summed E-state index contributed by atoms with van der Waals surface area (Å²) in [5.41, 5.74) is 0. The van der Waals surface area contributed by atoms with Crippen LogP contribution in [0.5, 0.6) is 11.6 Å². The van der Waals surface area contributed by atoms with Crippen LogP contribution in [0.4, 0.5) is 25.6 Å². The molecule has 2 N–H and O–H groups in total. The number of alkyl halides is 1. The van der Waals surface area contributed by atoms with Gasteiger partial charge in [-0.15, -0.1) is 0 Å². The van der Waals surface area contributed by atoms with Crippen LogP contribution in [0.25, 0.3) is 0 Å². The number of likely N-dealkylation sites (tertiary alicyclic amines) is 1. The first-order valence-corrected chi connectivity index (χ1v) is 12.8. The second kappa shape index (κ2) is 12.7. The van der Waals surface area contributed by atoms with Crippen LogP contribution in [0.1, 0.15) is 26.2 Å². The number of carbonyl (C=O) groups is 2. The molecule has 2 saturated heterocycles. The minimum absolute atomic E-state index is 0.0830. The van der Waals surface area contributed by atoms with Crippen LogP contribution in [0.15, 0.2) is 30.7 Å². The summed E-state index contributed by atoms with van der Waals surface area (Å²) in [7, 11) is 3.60. The maximum absolute atomic E-state index is 14.9. The summed E-state index contributed by atoms with van der Waals surface area (Å²) in [6, 6.07) is 2.11. The Balaban J connectivity index is 1.34. The van der Waals surface area contributed by atoms with E-state index in [4.69, 9.17) is 9.47 Å². The third-order valence-corrected chi connectivity index (χ3v) is 6.76. The van der Waals surface area contributed by atoms with Crippen LogP contribution in [-0.2, 0) is 0 Å². The number of rotatable bonds is 7. The number of amides is 3. The zero-order chi connectivity index (χ0) is 27.1. The third-order valence-electron chi connectivity index (χ3n) is 6.76. The van der Waals surface area contributed by atoms with E-state index in [1.165, 1.54) is 17.3 Å². The number of likely N-dealkylation sites (N-methyl/N-ethyl adjacent to an activating group) is 1. The van der Waals surface area contributed by atoms with E-state index in [2.05, 4.69) is 37.5 Å². The van der Waals surface area contributed by atoms with Crippen LogP contribution in [0.2, 0.25) is 0 Å². The Morgan fingerprint density at radius 3 is 2.66 bits per heavy atom. The highest BCUT2D eigenvalue weighted by molar-refractivity contribution is 5.88. The SMILES string of the molecule is CCOc1cnc(NC(=O)N(C)[C@H]2CN(c3cc(OC(=O)NC4CCN(C)CC4)ccn3)CC[C@H]2F)cn1. The normalized spacial score (nSPS) is 20.5. The van der Waals surface area contributed by atoms with Gasteiger partial charge in [-0.25, -0.2) is 28.9 Å². The monoisotopic (exact) mass is 530 g/mol. The predicted molar refractivity (Wildman–Crippen MR) is 139 cm³/mol. The fourth-order valence-corrected chi connectivity index (χ4v) is 4.52. The zero-order valence-corrected chi connectivity index (χ0v) is 22.0. The molecule has 12 nitrogen and oxygen atoms in total. The Hall–Kier alpha value is -3.74. The highest BCUT2D eigenvalue weighted by Gasteiger charge is 2.35. The summed E-state index contributed by atoms with van der Waals surface area (Å²) >= 11 is 0. The van der Waals surface area contributed by atoms with E-state index < -0.39 is 24.3 Å². The minimum Gasteiger partial charge on any atom is -0.477 e. The summed E-state index contributed by atoms with van der Waals surface area (Å²) in [5, 5.41) is 5.56. The number of ether oxygens (including phenoxy) is 2. The van der Waals surface area contributed by atoms with Crippen molar-refractivity contribution in [3.63, 3.8) is 0 Å². The summed E-state index contributed by atoms with van der Waals surface area (Å²) in [6.45, 7) is 4.77. The van der Waals surface area contributed by atoms with Crippen molar-refractivity contribution in [1.29, 1.82) is 0 Å². The molecule has 0 saturated carbocycles. The number of nitrogens with one attached hydrogen (secondary N) is 2. The molecule has 13 heteroatoms. The molecule has 0 aliphatic carbocycles. The Bertz CT molecular complexity index is 1080. The van der Waals surface area contributed by atoms with Gasteiger partial charge in [0.25, 0.3) is 0 Å². The molecule has 0 bridgehead atoms. The average molecular weight is 531 g/mol. The first-order valence-electron chi connectivity index (χ1n) is 12.8. The number of aromatic nitrogens is 3. The molecule has 2 atom stereocenters. The standard InChI is InChI=1S/C25H35FN8O4/c1-4-37-23-15-28-21(14-29-23)31-24(35)33(3)20-16-34(12-8-19(20)26)22-13-18(5-9-27-22)38-25(36)30-17-6-10-32(2)11-7-17/h5,9,13-15,17,19-20H,4,6-8,10-12,16H2,1-3H3,(H,30,36)(H,28,31,35)/t19-,20+/m1/s1. The smallest absolute Gasteiger partial charge is 0.412 e. The molecule has 0 unspecified atom stereocenters. The van der Waals surface area contributed by atoms with Gasteiger partial charge in [0.1, 0.15) is 17.7 Å². The number of halogens is 1. The van der Waals surface area contributed by atoms with Gasteiger partial charge in [0.15, 0.2) is 5.82 Å². The number of hydrogen-bond acceptors (Lipinski definition) is 9. The van der Waals surface area contributed by atoms with Crippen molar-refractivity contribution < 1.29 is 23.5 Å². The maximum atomic E-state index is 14.9. The first kappa shape index (κ1) is 27.3. The molecule has 2 aliphatic rings. The lowest BCUT2D eigenvalue weighted by atomic mass is 10.0. The van der Waals surface area contributed by atoms with Crippen LogP contribution < -0.4 is 25.0 Å². The maximum Gasteiger partial charge on any atom is 0.412 e. The molecule has 2 aromatic rings. The second-order valence-corrected chi connectivity index (χ2v) is 9.49. The van der Waals surface area contributed by atoms with Crippen molar-refractivity contribution in [3.8, 4) is 11.6 Å². The van der Waals surface area contributed by atoms with Crippen LogP contribution in [-0.4, -0.2) is 102 Å². The number of carbonyl (C=O) groups excluding carboxylic acids is 2. The molecule has 0 spiro atoms. The van der Waals surface area contributed by atoms with Gasteiger partial charge in [-0.1, -0.05) is 0 Å². The van der Waals surface area contributed by atoms with Crippen LogP contribution in [0, 0.1) is 0 Å². The van der Waals surface area contributed by atoms with Gasteiger partial charge in [-0.3, -0.25) is 5.32 Å². The summed E-state index contributed by atoms with van der Waals surface area (Å²) in [6.07, 6.45) is 4.58. The van der Waals surface area contributed by atoms with E-state index in [1.807, 2.05) is 11.8 Å².